The third-order valence-electron chi connectivity index (χ3n) is 12.9. The number of hydrogen-bond acceptors (Lipinski definition) is 2. The fraction of sp³-hybridized carbons (Fsp3) is 0.422. The molecule has 1 heterocycles. The van der Waals surface area contributed by atoms with Crippen LogP contribution in [0.5, 0.6) is 0 Å². The van der Waals surface area contributed by atoms with Crippen molar-refractivity contribution in [1.82, 2.24) is 4.90 Å². The molecule has 0 N–H and O–H groups in total. The number of hydrogen-bond donors (Lipinski definition) is 0. The smallest absolute Gasteiger partial charge is 0.0520 e. The third kappa shape index (κ3) is 4.89. The second-order valence-electron chi connectivity index (χ2n) is 15.6. The zero-order valence-corrected chi connectivity index (χ0v) is 28.3. The maximum Gasteiger partial charge on any atom is 0.0520 e. The summed E-state index contributed by atoms with van der Waals surface area (Å²) in [5.74, 6) is 1.78. The lowest BCUT2D eigenvalue weighted by molar-refractivity contribution is 0.248. The average molecular weight is 619 g/mol. The van der Waals surface area contributed by atoms with Crippen molar-refractivity contribution in [2.24, 2.45) is 23.2 Å². The first-order valence-electron chi connectivity index (χ1n) is 18.6. The topological polar surface area (TPSA) is 6.48 Å². The largest absolute Gasteiger partial charge is 0.364 e. The van der Waals surface area contributed by atoms with Gasteiger partial charge in [0.05, 0.1) is 12.1 Å². The Balaban J connectivity index is 0.977. The number of anilines is 1. The summed E-state index contributed by atoms with van der Waals surface area (Å²) in [4.78, 5) is 5.57. The van der Waals surface area contributed by atoms with Gasteiger partial charge in [0.1, 0.15) is 0 Å². The molecule has 7 unspecified atom stereocenters. The maximum absolute atomic E-state index is 2.82. The second-order valence-corrected chi connectivity index (χ2v) is 15.6. The molecule has 2 nitrogen and oxygen atoms in total. The van der Waals surface area contributed by atoms with Crippen LogP contribution in [0, 0.1) is 23.2 Å². The number of rotatable bonds is 5. The van der Waals surface area contributed by atoms with Gasteiger partial charge < -0.3 is 9.80 Å². The Bertz CT molecular complexity index is 1730. The summed E-state index contributed by atoms with van der Waals surface area (Å²) in [5, 5.41) is 0. The van der Waals surface area contributed by atoms with Crippen molar-refractivity contribution in [3.63, 3.8) is 0 Å². The van der Waals surface area contributed by atoms with Crippen molar-refractivity contribution in [3.05, 3.63) is 149 Å². The van der Waals surface area contributed by atoms with Gasteiger partial charge in [-0.15, -0.1) is 0 Å². The molecule has 1 fully saturated rings. The van der Waals surface area contributed by atoms with E-state index in [-0.39, 0.29) is 5.41 Å². The van der Waals surface area contributed by atoms with Crippen LogP contribution in [0.2, 0.25) is 0 Å². The van der Waals surface area contributed by atoms with Crippen LogP contribution in [-0.4, -0.2) is 29.1 Å². The van der Waals surface area contributed by atoms with E-state index in [0.29, 0.717) is 41.9 Å². The third-order valence-corrected chi connectivity index (χ3v) is 12.9. The van der Waals surface area contributed by atoms with Crippen LogP contribution in [0.1, 0.15) is 71.6 Å². The summed E-state index contributed by atoms with van der Waals surface area (Å²) in [6.07, 6.45) is 45.3. The van der Waals surface area contributed by atoms with Crippen molar-refractivity contribution in [2.75, 3.05) is 4.90 Å². The maximum atomic E-state index is 2.82. The van der Waals surface area contributed by atoms with Gasteiger partial charge in [-0.1, -0.05) is 122 Å². The number of fused-ring (bicyclic) bond motifs is 5. The quantitative estimate of drug-likeness (QED) is 0.303. The van der Waals surface area contributed by atoms with Crippen LogP contribution >= 0.6 is 0 Å². The lowest BCUT2D eigenvalue weighted by atomic mass is 9.74. The van der Waals surface area contributed by atoms with E-state index in [1.54, 1.807) is 16.7 Å². The first-order chi connectivity index (χ1) is 23.1. The summed E-state index contributed by atoms with van der Waals surface area (Å²) in [7, 11) is 0. The number of allylic oxidation sites excluding steroid dienone is 13. The molecule has 47 heavy (non-hydrogen) atoms. The molecule has 0 bridgehead atoms. The van der Waals surface area contributed by atoms with Gasteiger partial charge in [0.25, 0.3) is 0 Å². The van der Waals surface area contributed by atoms with Crippen molar-refractivity contribution >= 4 is 5.69 Å². The zero-order valence-electron chi connectivity index (χ0n) is 28.3. The molecule has 0 aromatic heterocycles. The monoisotopic (exact) mass is 618 g/mol. The summed E-state index contributed by atoms with van der Waals surface area (Å²) in [6.45, 7) is 4.93. The number of para-hydroxylation sites is 1. The van der Waals surface area contributed by atoms with Crippen LogP contribution < -0.4 is 4.90 Å². The molecule has 1 aromatic rings. The Morgan fingerprint density at radius 2 is 1.64 bits per heavy atom. The highest BCUT2D eigenvalue weighted by Crippen LogP contribution is 2.55. The zero-order chi connectivity index (χ0) is 31.5. The molecule has 7 aliphatic carbocycles. The van der Waals surface area contributed by atoms with E-state index in [0.717, 1.165) is 19.3 Å². The molecule has 7 atom stereocenters. The Kier molecular flexibility index (Phi) is 7.33. The first-order valence-corrected chi connectivity index (χ1v) is 18.6. The van der Waals surface area contributed by atoms with Crippen LogP contribution in [0.4, 0.5) is 5.69 Å². The van der Waals surface area contributed by atoms with Crippen LogP contribution in [0.25, 0.3) is 0 Å². The minimum atomic E-state index is 0.120. The van der Waals surface area contributed by atoms with Gasteiger partial charge in [-0.3, -0.25) is 0 Å². The molecule has 8 aliphatic rings. The molecular formula is C45H50N2. The molecule has 1 aliphatic heterocycles. The van der Waals surface area contributed by atoms with E-state index in [2.05, 4.69) is 139 Å². The van der Waals surface area contributed by atoms with E-state index in [4.69, 9.17) is 0 Å². The van der Waals surface area contributed by atoms with E-state index >= 15 is 0 Å². The highest BCUT2D eigenvalue weighted by Gasteiger charge is 2.49. The predicted molar refractivity (Wildman–Crippen MR) is 197 cm³/mol. The second kappa shape index (κ2) is 11.7. The van der Waals surface area contributed by atoms with Gasteiger partial charge in [0.15, 0.2) is 0 Å². The van der Waals surface area contributed by atoms with E-state index in [1.165, 1.54) is 61.1 Å². The van der Waals surface area contributed by atoms with Gasteiger partial charge in [-0.25, -0.2) is 0 Å². The van der Waals surface area contributed by atoms with Crippen molar-refractivity contribution in [2.45, 2.75) is 95.8 Å². The fourth-order valence-corrected chi connectivity index (χ4v) is 10.6. The molecule has 1 aromatic carbocycles. The van der Waals surface area contributed by atoms with Gasteiger partial charge in [-0.2, -0.15) is 0 Å². The van der Waals surface area contributed by atoms with Crippen molar-refractivity contribution < 1.29 is 0 Å². The Morgan fingerprint density at radius 3 is 2.47 bits per heavy atom. The Hall–Kier alpha value is -3.78. The fourth-order valence-electron chi connectivity index (χ4n) is 10.6. The van der Waals surface area contributed by atoms with Crippen molar-refractivity contribution in [3.8, 4) is 0 Å². The van der Waals surface area contributed by atoms with Gasteiger partial charge >= 0.3 is 0 Å². The van der Waals surface area contributed by atoms with E-state index in [9.17, 15) is 0 Å². The Labute approximate surface area is 282 Å². The minimum Gasteiger partial charge on any atom is -0.364 e. The highest BCUT2D eigenvalue weighted by molar-refractivity contribution is 5.67. The van der Waals surface area contributed by atoms with Gasteiger partial charge in [-0.05, 0) is 92.7 Å². The molecule has 9 rings (SSSR count). The summed E-state index contributed by atoms with van der Waals surface area (Å²) < 4.78 is 0. The molecule has 0 amide bonds. The van der Waals surface area contributed by atoms with E-state index in [1.807, 2.05) is 0 Å². The lowest BCUT2D eigenvalue weighted by Gasteiger charge is -2.42. The van der Waals surface area contributed by atoms with Crippen LogP contribution in [0.3, 0.4) is 0 Å². The Morgan fingerprint density at radius 1 is 0.745 bits per heavy atom. The first kappa shape index (κ1) is 29.4. The predicted octanol–water partition coefficient (Wildman–Crippen LogP) is 10.5. The molecule has 0 saturated carbocycles. The van der Waals surface area contributed by atoms with Crippen LogP contribution in [-0.2, 0) is 0 Å². The normalized spacial score (nSPS) is 34.6. The van der Waals surface area contributed by atoms with Gasteiger partial charge in [0.2, 0.25) is 0 Å². The summed E-state index contributed by atoms with van der Waals surface area (Å²) >= 11 is 0. The summed E-state index contributed by atoms with van der Waals surface area (Å²) in [5.41, 5.74) is 10.9. The van der Waals surface area contributed by atoms with E-state index < -0.39 is 0 Å². The summed E-state index contributed by atoms with van der Waals surface area (Å²) in [6, 6.07) is 13.3. The lowest BCUT2D eigenvalue weighted by Crippen LogP contribution is -2.42. The van der Waals surface area contributed by atoms with Gasteiger partial charge in [0, 0.05) is 46.6 Å². The number of benzene rings is 1. The molecule has 0 spiro atoms. The van der Waals surface area contributed by atoms with Crippen molar-refractivity contribution in [1.29, 1.82) is 0 Å². The number of nitrogens with zero attached hydrogens (tertiary/aromatic N) is 2. The molecule has 0 radical (unpaired) electrons. The highest BCUT2D eigenvalue weighted by atomic mass is 15.2. The average Bonchev–Trinajstić information content (AvgIpc) is 3.58. The SMILES string of the molecule is CC1(C)C2=CC(N(C3=CCC(C4=CC5C6C=CCCC6N(c6ccccc6)C5CC4)C=C3)C3C=CC=CC3)CC=C2C2=C1CCC=C2. The van der Waals surface area contributed by atoms with Crippen LogP contribution in [0.15, 0.2) is 149 Å². The molecule has 1 saturated heterocycles. The molecule has 240 valence electrons. The molecule has 2 heteroatoms. The minimum absolute atomic E-state index is 0.120. The molecular weight excluding hydrogens is 569 g/mol. The standard InChI is InChI=1S/C45H50N2/c1-45(2)41-19-11-9-17-37(41)38-27-26-36(30-42(38)45)46(33-13-5-3-6-14-33)35-24-21-31(22-25-35)32-23-28-44-40(29-32)39-18-10-12-20-43(39)47(44)34-15-7-4-8-16-34/h3-10,13,15-18,21,24-25,27,29-31,33,36,39-40,43-44H,11-12,14,19-20,22-23,26,28H2,1-2H3.